The summed E-state index contributed by atoms with van der Waals surface area (Å²) in [6.45, 7) is -0.411. The lowest BCUT2D eigenvalue weighted by molar-refractivity contribution is -0.137. The van der Waals surface area contributed by atoms with Gasteiger partial charge in [0.05, 0.1) is 0 Å². The lowest BCUT2D eigenvalue weighted by Gasteiger charge is -2.19. The molecule has 25 heavy (non-hydrogen) atoms. The van der Waals surface area contributed by atoms with E-state index in [1.54, 1.807) is 60.7 Å². The van der Waals surface area contributed by atoms with E-state index >= 15 is 0 Å². The first kappa shape index (κ1) is 18.4. The number of rotatable bonds is 7. The zero-order chi connectivity index (χ0) is 18.3. The zero-order valence-electron chi connectivity index (χ0n) is 13.5. The first-order chi connectivity index (χ1) is 11.9. The van der Waals surface area contributed by atoms with Crippen LogP contribution in [0, 0.1) is 0 Å². The van der Waals surface area contributed by atoms with Crippen molar-refractivity contribution in [3.63, 3.8) is 0 Å². The predicted octanol–water partition coefficient (Wildman–Crippen LogP) is 2.58. The molecule has 0 spiro atoms. The van der Waals surface area contributed by atoms with Crippen LogP contribution in [0.4, 0.5) is 0 Å². The van der Waals surface area contributed by atoms with Crippen LogP contribution in [0.15, 0.2) is 65.4 Å². The number of hydrogen-bond acceptors (Lipinski definition) is 4. The second-order valence-electron chi connectivity index (χ2n) is 4.99. The fourth-order valence-corrected chi connectivity index (χ4v) is 3.07. The number of nitrogens with two attached hydrogens (primary N) is 1. The van der Waals surface area contributed by atoms with Crippen molar-refractivity contribution in [3.8, 4) is 11.5 Å². The third-order valence-corrected chi connectivity index (χ3v) is 4.25. The predicted molar refractivity (Wildman–Crippen MR) is 93.6 cm³/mol. The van der Waals surface area contributed by atoms with Gasteiger partial charge < -0.3 is 24.8 Å². The van der Waals surface area contributed by atoms with Crippen molar-refractivity contribution in [2.75, 3.05) is 13.6 Å². The van der Waals surface area contributed by atoms with Crippen LogP contribution in [0.25, 0.3) is 0 Å². The number of likely N-dealkylation sites (N-methyl/N-ethyl adjacent to an activating group) is 1. The van der Waals surface area contributed by atoms with Crippen molar-refractivity contribution in [2.45, 2.75) is 0 Å². The Morgan fingerprint density at radius 1 is 1.08 bits per heavy atom. The average Bonchev–Trinajstić information content (AvgIpc) is 2.55. The summed E-state index contributed by atoms with van der Waals surface area (Å²) >= 11 is 0. The van der Waals surface area contributed by atoms with Crippen LogP contribution in [0.3, 0.4) is 0 Å². The SMILES string of the molecule is CN(CC(=O)O)/C(N)=N\P(=O)(Oc1ccccc1)Oc1ccccc1. The molecule has 2 aromatic rings. The molecule has 0 heterocycles. The lowest BCUT2D eigenvalue weighted by Crippen LogP contribution is -2.37. The quantitative estimate of drug-likeness (QED) is 0.441. The van der Waals surface area contributed by atoms with Gasteiger partial charge in [-0.25, -0.2) is 4.57 Å². The highest BCUT2D eigenvalue weighted by molar-refractivity contribution is 7.53. The van der Waals surface area contributed by atoms with Crippen LogP contribution < -0.4 is 14.8 Å². The van der Waals surface area contributed by atoms with Gasteiger partial charge in [-0.1, -0.05) is 36.4 Å². The van der Waals surface area contributed by atoms with Crippen molar-refractivity contribution in [2.24, 2.45) is 10.5 Å². The normalized spacial score (nSPS) is 11.6. The maximum absolute atomic E-state index is 13.1. The highest BCUT2D eigenvalue weighted by Gasteiger charge is 2.30. The van der Waals surface area contributed by atoms with Crippen molar-refractivity contribution < 1.29 is 23.5 Å². The first-order valence-electron chi connectivity index (χ1n) is 7.26. The molecular weight excluding hydrogens is 345 g/mol. The van der Waals surface area contributed by atoms with Crippen LogP contribution >= 0.6 is 7.75 Å². The number of para-hydroxylation sites is 2. The van der Waals surface area contributed by atoms with Gasteiger partial charge in [0.15, 0.2) is 0 Å². The smallest absolute Gasteiger partial charge is 0.480 e. The molecule has 0 atom stereocenters. The van der Waals surface area contributed by atoms with E-state index in [-0.39, 0.29) is 17.5 Å². The molecule has 0 saturated heterocycles. The summed E-state index contributed by atoms with van der Waals surface area (Å²) in [5.41, 5.74) is 5.74. The van der Waals surface area contributed by atoms with E-state index in [4.69, 9.17) is 19.9 Å². The van der Waals surface area contributed by atoms with E-state index < -0.39 is 20.3 Å². The molecule has 9 heteroatoms. The highest BCUT2D eigenvalue weighted by Crippen LogP contribution is 2.50. The van der Waals surface area contributed by atoms with Crippen LogP contribution in [0.5, 0.6) is 11.5 Å². The summed E-state index contributed by atoms with van der Waals surface area (Å²) in [5, 5.41) is 8.82. The van der Waals surface area contributed by atoms with Crippen LogP contribution in [-0.4, -0.2) is 35.5 Å². The third kappa shape index (κ3) is 5.86. The Bertz CT molecular complexity index is 737. The number of guanidine groups is 1. The summed E-state index contributed by atoms with van der Waals surface area (Å²) in [5.74, 6) is -0.834. The largest absolute Gasteiger partial charge is 0.566 e. The zero-order valence-corrected chi connectivity index (χ0v) is 14.4. The summed E-state index contributed by atoms with van der Waals surface area (Å²) in [6.07, 6.45) is 0. The van der Waals surface area contributed by atoms with Crippen molar-refractivity contribution in [1.29, 1.82) is 0 Å². The number of carboxylic acid groups (broad SMARTS) is 1. The molecule has 0 aromatic heterocycles. The Kier molecular flexibility index (Phi) is 6.03. The van der Waals surface area contributed by atoms with Crippen molar-refractivity contribution >= 4 is 19.7 Å². The maximum atomic E-state index is 13.1. The topological polar surface area (TPSA) is 114 Å². The lowest BCUT2D eigenvalue weighted by atomic mass is 10.3. The number of carbonyl (C=O) groups is 1. The molecule has 2 aromatic carbocycles. The Morgan fingerprint density at radius 3 is 1.92 bits per heavy atom. The van der Waals surface area contributed by atoms with Crippen LogP contribution in [-0.2, 0) is 9.36 Å². The maximum Gasteiger partial charge on any atom is 0.566 e. The van der Waals surface area contributed by atoms with Crippen molar-refractivity contribution in [1.82, 2.24) is 4.90 Å². The monoisotopic (exact) mass is 363 g/mol. The second-order valence-corrected chi connectivity index (χ2v) is 6.49. The molecule has 2 rings (SSSR count). The molecule has 0 amide bonds. The molecule has 3 N–H and O–H groups in total. The van der Waals surface area contributed by atoms with Gasteiger partial charge in [0.2, 0.25) is 5.96 Å². The molecule has 0 bridgehead atoms. The molecule has 0 unspecified atom stereocenters. The molecule has 0 aliphatic heterocycles. The molecule has 0 fully saturated rings. The Labute approximate surface area is 145 Å². The molecule has 0 saturated carbocycles. The molecule has 132 valence electrons. The average molecular weight is 363 g/mol. The fraction of sp³-hybridized carbons (Fsp3) is 0.125. The highest BCUT2D eigenvalue weighted by atomic mass is 31.2. The number of hydrogen-bond donors (Lipinski definition) is 2. The van der Waals surface area contributed by atoms with E-state index in [9.17, 15) is 9.36 Å². The van der Waals surface area contributed by atoms with Gasteiger partial charge in [0.1, 0.15) is 18.0 Å². The minimum absolute atomic E-state index is 0.277. The molecular formula is C16H18N3O5P. The van der Waals surface area contributed by atoms with Gasteiger partial charge in [0, 0.05) is 7.05 Å². The van der Waals surface area contributed by atoms with Crippen molar-refractivity contribution in [3.05, 3.63) is 60.7 Å². The minimum Gasteiger partial charge on any atom is -0.480 e. The standard InChI is InChI=1S/C16H18N3O5P/c1-19(12-15(20)21)16(17)18-25(22,23-13-8-4-2-5-9-13)24-14-10-6-3-7-11-14/h2-11H,12H2,1H3,(H,20,21)(H2,17,18,22). The van der Waals surface area contributed by atoms with E-state index in [0.29, 0.717) is 0 Å². The summed E-state index contributed by atoms with van der Waals surface area (Å²) < 4.78 is 27.7. The molecule has 0 aliphatic rings. The number of benzene rings is 2. The van der Waals surface area contributed by atoms with E-state index in [2.05, 4.69) is 4.76 Å². The van der Waals surface area contributed by atoms with Gasteiger partial charge >= 0.3 is 13.7 Å². The van der Waals surface area contributed by atoms with E-state index in [0.717, 1.165) is 4.90 Å². The van der Waals surface area contributed by atoms with Gasteiger partial charge in [-0.05, 0) is 24.3 Å². The van der Waals surface area contributed by atoms with Gasteiger partial charge in [-0.3, -0.25) is 4.79 Å². The van der Waals surface area contributed by atoms with E-state index in [1.807, 2.05) is 0 Å². The summed E-state index contributed by atoms with van der Waals surface area (Å²) in [6, 6.07) is 16.7. The Morgan fingerprint density at radius 2 is 1.52 bits per heavy atom. The van der Waals surface area contributed by atoms with Gasteiger partial charge in [0.25, 0.3) is 0 Å². The Balaban J connectivity index is 2.30. The molecule has 8 nitrogen and oxygen atoms in total. The molecule has 0 radical (unpaired) electrons. The summed E-state index contributed by atoms with van der Waals surface area (Å²) in [7, 11) is -2.68. The number of carboxylic acids is 1. The Hall–Kier alpha value is -2.99. The summed E-state index contributed by atoms with van der Waals surface area (Å²) in [4.78, 5) is 11.9. The van der Waals surface area contributed by atoms with Crippen LogP contribution in [0.1, 0.15) is 0 Å². The number of nitrogens with zero attached hydrogens (tertiary/aromatic N) is 2. The van der Waals surface area contributed by atoms with Gasteiger partial charge in [-0.15, -0.1) is 4.76 Å². The minimum atomic E-state index is -4.09. The molecule has 0 aliphatic carbocycles. The first-order valence-corrected chi connectivity index (χ1v) is 8.75. The third-order valence-electron chi connectivity index (χ3n) is 2.92. The van der Waals surface area contributed by atoms with Crippen LogP contribution in [0.2, 0.25) is 0 Å². The fourth-order valence-electron chi connectivity index (χ4n) is 1.77. The van der Waals surface area contributed by atoms with E-state index in [1.165, 1.54) is 7.05 Å². The number of aliphatic carboxylic acids is 1. The second kappa shape index (κ2) is 8.21. The van der Waals surface area contributed by atoms with Gasteiger partial charge in [-0.2, -0.15) is 0 Å².